The van der Waals surface area contributed by atoms with Crippen LogP contribution in [0, 0.1) is 13.8 Å². The number of thiophene rings is 1. The number of hydrogen-bond acceptors (Lipinski definition) is 6. The highest BCUT2D eigenvalue weighted by Gasteiger charge is 2.22. The number of halogens is 1. The van der Waals surface area contributed by atoms with Gasteiger partial charge in [0.05, 0.1) is 16.7 Å². The van der Waals surface area contributed by atoms with E-state index >= 15 is 0 Å². The molecule has 9 heteroatoms. The van der Waals surface area contributed by atoms with Crippen molar-refractivity contribution in [2.45, 2.75) is 26.9 Å². The quantitative estimate of drug-likeness (QED) is 0.278. The first-order chi connectivity index (χ1) is 16.3. The molecule has 7 nitrogen and oxygen atoms in total. The Morgan fingerprint density at radius 3 is 2.71 bits per heavy atom. The fraction of sp³-hybridized carbons (Fsp3) is 0.160. The summed E-state index contributed by atoms with van der Waals surface area (Å²) < 4.78 is 13.2. The fourth-order valence-corrected chi connectivity index (χ4v) is 5.22. The first-order valence-electron chi connectivity index (χ1n) is 10.5. The molecule has 5 aromatic rings. The Morgan fingerprint density at radius 1 is 1.21 bits per heavy atom. The first-order valence-corrected chi connectivity index (χ1v) is 11.7. The minimum Gasteiger partial charge on any atom is -0.484 e. The van der Waals surface area contributed by atoms with Gasteiger partial charge in [0, 0.05) is 22.2 Å². The summed E-state index contributed by atoms with van der Waals surface area (Å²) in [4.78, 5) is 16.6. The number of rotatable bonds is 6. The van der Waals surface area contributed by atoms with E-state index in [9.17, 15) is 9.90 Å². The van der Waals surface area contributed by atoms with Crippen molar-refractivity contribution in [3.63, 3.8) is 0 Å². The van der Waals surface area contributed by atoms with Gasteiger partial charge in [-0.05, 0) is 44.5 Å². The molecular formula is C25H20ClN3O4S. The molecule has 34 heavy (non-hydrogen) atoms. The van der Waals surface area contributed by atoms with E-state index in [0.717, 1.165) is 50.5 Å². The van der Waals surface area contributed by atoms with Crippen molar-refractivity contribution in [3.05, 3.63) is 81.8 Å². The van der Waals surface area contributed by atoms with Crippen molar-refractivity contribution >= 4 is 39.9 Å². The van der Waals surface area contributed by atoms with Crippen molar-refractivity contribution in [2.75, 3.05) is 0 Å². The van der Waals surface area contributed by atoms with Gasteiger partial charge in [-0.3, -0.25) is 4.57 Å². The number of carboxylic acids is 1. The van der Waals surface area contributed by atoms with Gasteiger partial charge in [-0.15, -0.1) is 11.3 Å². The van der Waals surface area contributed by atoms with Crippen LogP contribution in [0.1, 0.15) is 39.7 Å². The number of imidazole rings is 1. The van der Waals surface area contributed by atoms with Crippen molar-refractivity contribution in [3.8, 4) is 21.9 Å². The van der Waals surface area contributed by atoms with Crippen LogP contribution >= 0.6 is 22.9 Å². The summed E-state index contributed by atoms with van der Waals surface area (Å²) >= 11 is 7.42. The summed E-state index contributed by atoms with van der Waals surface area (Å²) in [5.41, 5.74) is 5.13. The Balaban J connectivity index is 1.52. The van der Waals surface area contributed by atoms with Crippen LogP contribution in [0.3, 0.4) is 0 Å². The molecule has 0 amide bonds. The van der Waals surface area contributed by atoms with Crippen LogP contribution in [0.2, 0.25) is 5.02 Å². The number of carbonyl (C=O) groups is 1. The highest BCUT2D eigenvalue weighted by Crippen LogP contribution is 2.38. The predicted molar refractivity (Wildman–Crippen MR) is 131 cm³/mol. The maximum Gasteiger partial charge on any atom is 0.349 e. The smallest absolute Gasteiger partial charge is 0.349 e. The van der Waals surface area contributed by atoms with Gasteiger partial charge in [0.25, 0.3) is 0 Å². The largest absolute Gasteiger partial charge is 0.484 e. The topological polar surface area (TPSA) is 90.4 Å². The Labute approximate surface area is 204 Å². The molecule has 3 aromatic heterocycles. The van der Waals surface area contributed by atoms with E-state index in [0.29, 0.717) is 10.0 Å². The molecule has 0 fully saturated rings. The van der Waals surface area contributed by atoms with Gasteiger partial charge in [0.1, 0.15) is 28.9 Å². The average molecular weight is 494 g/mol. The van der Waals surface area contributed by atoms with Gasteiger partial charge in [-0.25, -0.2) is 9.78 Å². The molecule has 3 heterocycles. The highest BCUT2D eigenvalue weighted by molar-refractivity contribution is 7.16. The fourth-order valence-electron chi connectivity index (χ4n) is 4.01. The Morgan fingerprint density at radius 2 is 2.00 bits per heavy atom. The lowest BCUT2D eigenvalue weighted by Crippen LogP contribution is -2.06. The van der Waals surface area contributed by atoms with Crippen LogP contribution < -0.4 is 4.74 Å². The van der Waals surface area contributed by atoms with Crippen molar-refractivity contribution < 1.29 is 19.2 Å². The van der Waals surface area contributed by atoms with Gasteiger partial charge in [-0.2, -0.15) is 0 Å². The standard InChI is InChI=1S/C25H20ClN3O4S/c1-13-23(15(3)33-28-13)16-8-9-20-19(10-16)27-12-29(20)22-11-21(24(34-22)25(30)31)32-14(2)17-6-4-5-7-18(17)26/h4-12,14H,1-3H3,(H,30,31)/t14-/m1/s1. The highest BCUT2D eigenvalue weighted by atomic mass is 35.5. The van der Waals surface area contributed by atoms with E-state index in [2.05, 4.69) is 10.1 Å². The van der Waals surface area contributed by atoms with Crippen molar-refractivity contribution in [2.24, 2.45) is 0 Å². The molecule has 0 aliphatic carbocycles. The number of hydrogen-bond donors (Lipinski definition) is 1. The SMILES string of the molecule is Cc1noc(C)c1-c1ccc2c(c1)ncn2-c1cc(O[C@H](C)c2ccccc2Cl)c(C(=O)O)s1. The van der Waals surface area contributed by atoms with Gasteiger partial charge in [0.2, 0.25) is 0 Å². The molecule has 0 unspecified atom stereocenters. The van der Waals surface area contributed by atoms with Crippen LogP contribution in [0.25, 0.3) is 27.2 Å². The van der Waals surface area contributed by atoms with E-state index in [1.807, 2.05) is 61.7 Å². The summed E-state index contributed by atoms with van der Waals surface area (Å²) in [6.45, 7) is 5.62. The van der Waals surface area contributed by atoms with Gasteiger partial charge < -0.3 is 14.4 Å². The number of nitrogens with zero attached hydrogens (tertiary/aromatic N) is 3. The molecule has 172 valence electrons. The van der Waals surface area contributed by atoms with Crippen LogP contribution in [0.5, 0.6) is 5.75 Å². The molecule has 0 aliphatic heterocycles. The molecule has 1 atom stereocenters. The molecule has 0 saturated heterocycles. The zero-order valence-electron chi connectivity index (χ0n) is 18.6. The molecule has 2 aromatic carbocycles. The Kier molecular flexibility index (Phi) is 5.63. The van der Waals surface area contributed by atoms with E-state index in [1.54, 1.807) is 18.5 Å². The van der Waals surface area contributed by atoms with Gasteiger partial charge in [0.15, 0.2) is 4.88 Å². The van der Waals surface area contributed by atoms with E-state index < -0.39 is 12.1 Å². The number of carboxylic acid groups (broad SMARTS) is 1. The lowest BCUT2D eigenvalue weighted by Gasteiger charge is -2.15. The van der Waals surface area contributed by atoms with Crippen LogP contribution in [0.15, 0.2) is 59.4 Å². The zero-order chi connectivity index (χ0) is 24.0. The minimum absolute atomic E-state index is 0.114. The summed E-state index contributed by atoms with van der Waals surface area (Å²) in [6.07, 6.45) is 1.26. The summed E-state index contributed by atoms with van der Waals surface area (Å²) in [6, 6.07) is 15.0. The maximum atomic E-state index is 12.0. The molecule has 0 bridgehead atoms. The number of fused-ring (bicyclic) bond motifs is 1. The third-order valence-corrected chi connectivity index (χ3v) is 7.08. The van der Waals surface area contributed by atoms with Crippen LogP contribution in [0.4, 0.5) is 0 Å². The Bertz CT molecular complexity index is 1510. The molecule has 0 saturated carbocycles. The number of aromatic carboxylic acids is 1. The Hall–Kier alpha value is -3.62. The minimum atomic E-state index is -1.05. The van der Waals surface area contributed by atoms with E-state index in [1.165, 1.54) is 0 Å². The molecule has 0 spiro atoms. The van der Waals surface area contributed by atoms with E-state index in [-0.39, 0.29) is 10.6 Å². The molecule has 5 rings (SSSR count). The summed E-state index contributed by atoms with van der Waals surface area (Å²) in [5.74, 6) is -0.0214. The van der Waals surface area contributed by atoms with Crippen molar-refractivity contribution in [1.29, 1.82) is 0 Å². The number of ether oxygens (including phenoxy) is 1. The zero-order valence-corrected chi connectivity index (χ0v) is 20.1. The van der Waals surface area contributed by atoms with Gasteiger partial charge >= 0.3 is 5.97 Å². The van der Waals surface area contributed by atoms with Crippen LogP contribution in [-0.4, -0.2) is 25.8 Å². The second kappa shape index (κ2) is 8.62. The molecule has 0 aliphatic rings. The van der Waals surface area contributed by atoms with Crippen molar-refractivity contribution in [1.82, 2.24) is 14.7 Å². The molecule has 0 radical (unpaired) electrons. The first kappa shape index (κ1) is 22.2. The second-order valence-corrected chi connectivity index (χ2v) is 9.32. The van der Waals surface area contributed by atoms with Gasteiger partial charge in [-0.1, -0.05) is 41.0 Å². The maximum absolute atomic E-state index is 12.0. The van der Waals surface area contributed by atoms with E-state index in [4.69, 9.17) is 20.9 Å². The number of aromatic nitrogens is 3. The lowest BCUT2D eigenvalue weighted by molar-refractivity contribution is 0.0696. The summed E-state index contributed by atoms with van der Waals surface area (Å²) in [5, 5.41) is 15.1. The number of aryl methyl sites for hydroxylation is 2. The second-order valence-electron chi connectivity index (χ2n) is 7.88. The number of benzene rings is 2. The third kappa shape index (κ3) is 3.85. The predicted octanol–water partition coefficient (Wildman–Crippen LogP) is 6.85. The van der Waals surface area contributed by atoms with Crippen LogP contribution in [-0.2, 0) is 0 Å². The average Bonchev–Trinajstić information content (AvgIpc) is 3.50. The summed E-state index contributed by atoms with van der Waals surface area (Å²) in [7, 11) is 0. The third-order valence-electron chi connectivity index (χ3n) is 5.63. The molecule has 1 N–H and O–H groups in total. The normalized spacial score (nSPS) is 12.2. The lowest BCUT2D eigenvalue weighted by atomic mass is 10.0. The monoisotopic (exact) mass is 493 g/mol. The molecular weight excluding hydrogens is 474 g/mol.